The summed E-state index contributed by atoms with van der Waals surface area (Å²) < 4.78 is 18.7. The Morgan fingerprint density at radius 2 is 2.04 bits per heavy atom. The highest BCUT2D eigenvalue weighted by Crippen LogP contribution is 2.41. The highest BCUT2D eigenvalue weighted by atomic mass is 19.1. The Hall–Kier alpha value is -2.15. The maximum absolute atomic E-state index is 13.5. The molecular weight excluding hydrogens is 327 g/mol. The van der Waals surface area contributed by atoms with Gasteiger partial charge in [0.05, 0.1) is 24.2 Å². The number of rotatable bonds is 2. The molecule has 136 valence electrons. The van der Waals surface area contributed by atoms with Crippen molar-refractivity contribution in [3.8, 4) is 5.75 Å². The third-order valence-corrected chi connectivity index (χ3v) is 5.31. The van der Waals surface area contributed by atoms with Crippen molar-refractivity contribution in [3.05, 3.63) is 29.6 Å². The van der Waals surface area contributed by atoms with Crippen molar-refractivity contribution in [3.63, 3.8) is 0 Å². The summed E-state index contributed by atoms with van der Waals surface area (Å²) in [6.07, 6.45) is 0.891. The van der Waals surface area contributed by atoms with Crippen LogP contribution in [0.25, 0.3) is 0 Å². The number of likely N-dealkylation sites (N-methyl/N-ethyl adjacent to an activating group) is 1. The van der Waals surface area contributed by atoms with Gasteiger partial charge in [-0.1, -0.05) is 0 Å². The second-order valence-electron chi connectivity index (χ2n) is 6.96. The number of halogens is 1. The predicted octanol–water partition coefficient (Wildman–Crippen LogP) is 1.28. The first-order chi connectivity index (χ1) is 11.9. The van der Waals surface area contributed by atoms with Crippen LogP contribution in [0.4, 0.5) is 4.39 Å². The van der Waals surface area contributed by atoms with Crippen LogP contribution in [-0.2, 0) is 4.79 Å². The summed E-state index contributed by atoms with van der Waals surface area (Å²) in [4.78, 5) is 28.5. The van der Waals surface area contributed by atoms with Crippen LogP contribution in [-0.4, -0.2) is 66.6 Å². The second kappa shape index (κ2) is 6.63. The van der Waals surface area contributed by atoms with E-state index in [1.807, 2.05) is 0 Å². The van der Waals surface area contributed by atoms with E-state index >= 15 is 0 Å². The quantitative estimate of drug-likeness (QED) is 0.872. The number of benzene rings is 1. The van der Waals surface area contributed by atoms with Gasteiger partial charge in [0.15, 0.2) is 0 Å². The maximum atomic E-state index is 13.5. The lowest BCUT2D eigenvalue weighted by molar-refractivity contribution is -0.154. The van der Waals surface area contributed by atoms with Gasteiger partial charge in [0, 0.05) is 26.7 Å². The number of nitrogens with zero attached hydrogens (tertiary/aromatic N) is 2. The van der Waals surface area contributed by atoms with Gasteiger partial charge in [-0.3, -0.25) is 9.59 Å². The number of β-amino-alcohol motifs (C(OH)–C–C–N with tert-alkyl or cyclic N) is 1. The molecular formula is C18H23FN2O4. The topological polar surface area (TPSA) is 70.1 Å². The average molecular weight is 350 g/mol. The molecule has 2 amide bonds. The van der Waals surface area contributed by atoms with Crippen LogP contribution in [0, 0.1) is 11.2 Å². The molecule has 0 bridgehead atoms. The molecule has 2 fully saturated rings. The molecule has 2 aliphatic rings. The summed E-state index contributed by atoms with van der Waals surface area (Å²) in [5, 5.41) is 10.0. The second-order valence-corrected chi connectivity index (χ2v) is 6.96. The molecule has 1 N–H and O–H groups in total. The van der Waals surface area contributed by atoms with Crippen LogP contribution >= 0.6 is 0 Å². The average Bonchev–Trinajstić information content (AvgIpc) is 2.59. The van der Waals surface area contributed by atoms with E-state index in [2.05, 4.69) is 0 Å². The Labute approximate surface area is 146 Å². The van der Waals surface area contributed by atoms with Gasteiger partial charge in [-0.15, -0.1) is 0 Å². The zero-order chi connectivity index (χ0) is 18.2. The van der Waals surface area contributed by atoms with Gasteiger partial charge in [0.1, 0.15) is 11.6 Å². The molecule has 3 rings (SSSR count). The number of ether oxygens (including phenoxy) is 1. The van der Waals surface area contributed by atoms with Gasteiger partial charge < -0.3 is 19.6 Å². The molecule has 7 heteroatoms. The minimum absolute atomic E-state index is 0.0354. The lowest BCUT2D eigenvalue weighted by Gasteiger charge is -2.47. The zero-order valence-corrected chi connectivity index (χ0v) is 14.5. The smallest absolute Gasteiger partial charge is 0.257 e. The fourth-order valence-electron chi connectivity index (χ4n) is 3.98. The SMILES string of the molecule is COc1ccc(F)cc1C(=O)N1CCC2(CC1)CC(O)CN(C)C2=O. The molecule has 1 aromatic carbocycles. The molecule has 0 aliphatic carbocycles. The number of aliphatic hydroxyl groups is 1. The Balaban J connectivity index is 1.75. The van der Waals surface area contributed by atoms with Crippen LogP contribution in [0.1, 0.15) is 29.6 Å². The fraction of sp³-hybridized carbons (Fsp3) is 0.556. The molecule has 0 radical (unpaired) electrons. The summed E-state index contributed by atoms with van der Waals surface area (Å²) >= 11 is 0. The van der Waals surface area contributed by atoms with Crippen molar-refractivity contribution in [2.75, 3.05) is 33.8 Å². The molecule has 1 spiro atoms. The lowest BCUT2D eigenvalue weighted by atomic mass is 9.71. The molecule has 1 unspecified atom stereocenters. The number of carbonyl (C=O) groups is 2. The number of methoxy groups -OCH3 is 1. The number of piperidine rings is 2. The molecule has 2 saturated heterocycles. The van der Waals surface area contributed by atoms with E-state index in [-0.39, 0.29) is 17.4 Å². The zero-order valence-electron chi connectivity index (χ0n) is 14.5. The standard InChI is InChI=1S/C18H23FN2O4/c1-20-11-13(22)10-18(17(20)24)5-7-21(8-6-18)16(23)14-9-12(19)3-4-15(14)25-2/h3-4,9,13,22H,5-8,10-11H2,1-2H3. The van der Waals surface area contributed by atoms with Crippen LogP contribution in [0.3, 0.4) is 0 Å². The number of likely N-dealkylation sites (tertiary alicyclic amines) is 2. The molecule has 2 aliphatic heterocycles. The Bertz CT molecular complexity index is 686. The van der Waals surface area contributed by atoms with Gasteiger partial charge >= 0.3 is 0 Å². The Kier molecular flexibility index (Phi) is 4.69. The van der Waals surface area contributed by atoms with Crippen molar-refractivity contribution in [1.29, 1.82) is 0 Å². The summed E-state index contributed by atoms with van der Waals surface area (Å²) in [7, 11) is 3.13. The van der Waals surface area contributed by atoms with Crippen LogP contribution in [0.15, 0.2) is 18.2 Å². The van der Waals surface area contributed by atoms with Crippen LogP contribution in [0.2, 0.25) is 0 Å². The first-order valence-electron chi connectivity index (χ1n) is 8.43. The summed E-state index contributed by atoms with van der Waals surface area (Å²) in [6, 6.07) is 3.86. The molecule has 1 aromatic rings. The third kappa shape index (κ3) is 3.20. The Morgan fingerprint density at radius 3 is 2.68 bits per heavy atom. The summed E-state index contributed by atoms with van der Waals surface area (Å²) in [6.45, 7) is 1.14. The minimum atomic E-state index is -0.602. The van der Waals surface area contributed by atoms with Crippen molar-refractivity contribution >= 4 is 11.8 Å². The van der Waals surface area contributed by atoms with Crippen molar-refractivity contribution in [2.24, 2.45) is 5.41 Å². The number of amides is 2. The maximum Gasteiger partial charge on any atom is 0.257 e. The first-order valence-corrected chi connectivity index (χ1v) is 8.43. The Morgan fingerprint density at radius 1 is 1.36 bits per heavy atom. The first kappa shape index (κ1) is 17.7. The van der Waals surface area contributed by atoms with E-state index in [1.54, 1.807) is 16.8 Å². The molecule has 2 heterocycles. The largest absolute Gasteiger partial charge is 0.496 e. The molecule has 6 nitrogen and oxygen atoms in total. The molecule has 1 atom stereocenters. The van der Waals surface area contributed by atoms with E-state index in [0.717, 1.165) is 0 Å². The summed E-state index contributed by atoms with van der Waals surface area (Å²) in [5.41, 5.74) is -0.416. The number of aliphatic hydroxyl groups excluding tert-OH is 1. The third-order valence-electron chi connectivity index (χ3n) is 5.31. The van der Waals surface area contributed by atoms with E-state index in [9.17, 15) is 19.1 Å². The molecule has 0 saturated carbocycles. The highest BCUT2D eigenvalue weighted by molar-refractivity contribution is 5.97. The predicted molar refractivity (Wildman–Crippen MR) is 88.8 cm³/mol. The van der Waals surface area contributed by atoms with Gasteiger partial charge in [-0.05, 0) is 37.5 Å². The van der Waals surface area contributed by atoms with Crippen molar-refractivity contribution < 1.29 is 23.8 Å². The van der Waals surface area contributed by atoms with E-state index in [1.165, 1.54) is 25.3 Å². The van der Waals surface area contributed by atoms with Crippen LogP contribution < -0.4 is 4.74 Å². The van der Waals surface area contributed by atoms with Crippen molar-refractivity contribution in [2.45, 2.75) is 25.4 Å². The number of carbonyl (C=O) groups excluding carboxylic acids is 2. The number of hydrogen-bond acceptors (Lipinski definition) is 4. The lowest BCUT2D eigenvalue weighted by Crippen LogP contribution is -2.56. The van der Waals surface area contributed by atoms with Gasteiger partial charge in [0.25, 0.3) is 5.91 Å². The normalized spacial score (nSPS) is 23.0. The van der Waals surface area contributed by atoms with E-state index < -0.39 is 17.3 Å². The van der Waals surface area contributed by atoms with Gasteiger partial charge in [0.2, 0.25) is 5.91 Å². The fourth-order valence-corrected chi connectivity index (χ4v) is 3.98. The van der Waals surface area contributed by atoms with Crippen molar-refractivity contribution in [1.82, 2.24) is 9.80 Å². The molecule has 0 aromatic heterocycles. The van der Waals surface area contributed by atoms with E-state index in [4.69, 9.17) is 4.74 Å². The number of hydrogen-bond donors (Lipinski definition) is 1. The highest BCUT2D eigenvalue weighted by Gasteiger charge is 2.48. The van der Waals surface area contributed by atoms with Crippen LogP contribution in [0.5, 0.6) is 5.75 Å². The summed E-state index contributed by atoms with van der Waals surface area (Å²) in [5.74, 6) is -0.433. The monoisotopic (exact) mass is 350 g/mol. The van der Waals surface area contributed by atoms with E-state index in [0.29, 0.717) is 44.6 Å². The van der Waals surface area contributed by atoms with Gasteiger partial charge in [-0.2, -0.15) is 0 Å². The van der Waals surface area contributed by atoms with Gasteiger partial charge in [-0.25, -0.2) is 4.39 Å². The molecule has 25 heavy (non-hydrogen) atoms. The minimum Gasteiger partial charge on any atom is -0.496 e.